The maximum absolute atomic E-state index is 2.50. The summed E-state index contributed by atoms with van der Waals surface area (Å²) < 4.78 is 0. The Balaban J connectivity index is 2.75. The van der Waals surface area contributed by atoms with E-state index in [0.717, 1.165) is 11.8 Å². The molecule has 0 unspecified atom stereocenters. The highest BCUT2D eigenvalue weighted by molar-refractivity contribution is 5.07. The SMILES string of the molecule is CC1=CC[C@H](C(C)C)CC/C(C)=C/CC/C(C)=C/CC1. The third-order valence-corrected chi connectivity index (χ3v) is 4.68. The highest BCUT2D eigenvalue weighted by Crippen LogP contribution is 2.25. The maximum Gasteiger partial charge on any atom is -0.0288 e. The van der Waals surface area contributed by atoms with Gasteiger partial charge in [0.1, 0.15) is 0 Å². The van der Waals surface area contributed by atoms with E-state index in [9.17, 15) is 0 Å². The first kappa shape index (κ1) is 17.3. The lowest BCUT2D eigenvalue weighted by molar-refractivity contribution is 0.362. The van der Waals surface area contributed by atoms with Gasteiger partial charge in [-0.1, -0.05) is 48.8 Å². The average molecular weight is 274 g/mol. The highest BCUT2D eigenvalue weighted by atomic mass is 14.2. The van der Waals surface area contributed by atoms with Crippen LogP contribution in [0.2, 0.25) is 0 Å². The molecule has 0 fully saturated rings. The zero-order valence-corrected chi connectivity index (χ0v) is 14.3. The van der Waals surface area contributed by atoms with Crippen LogP contribution in [0.15, 0.2) is 34.9 Å². The van der Waals surface area contributed by atoms with Crippen LogP contribution in [-0.2, 0) is 0 Å². The molecule has 0 N–H and O–H groups in total. The maximum atomic E-state index is 2.50. The summed E-state index contributed by atoms with van der Waals surface area (Å²) in [5, 5.41) is 0. The third kappa shape index (κ3) is 7.12. The van der Waals surface area contributed by atoms with Crippen LogP contribution in [0.25, 0.3) is 0 Å². The zero-order chi connectivity index (χ0) is 15.0. The highest BCUT2D eigenvalue weighted by Gasteiger charge is 2.12. The summed E-state index contributed by atoms with van der Waals surface area (Å²) in [7, 11) is 0. The van der Waals surface area contributed by atoms with Crippen molar-refractivity contribution < 1.29 is 0 Å². The van der Waals surface area contributed by atoms with Crippen LogP contribution in [0.5, 0.6) is 0 Å². The Morgan fingerprint density at radius 3 is 1.85 bits per heavy atom. The first-order valence-corrected chi connectivity index (χ1v) is 8.46. The molecule has 0 heterocycles. The van der Waals surface area contributed by atoms with E-state index in [1.54, 1.807) is 16.7 Å². The molecule has 0 nitrogen and oxygen atoms in total. The fraction of sp³-hybridized carbons (Fsp3) is 0.700. The Morgan fingerprint density at radius 2 is 1.30 bits per heavy atom. The molecule has 1 aliphatic rings. The number of rotatable bonds is 1. The molecule has 20 heavy (non-hydrogen) atoms. The number of allylic oxidation sites excluding steroid dienone is 6. The zero-order valence-electron chi connectivity index (χ0n) is 14.3. The van der Waals surface area contributed by atoms with Gasteiger partial charge in [-0.05, 0) is 77.6 Å². The molecular weight excluding hydrogens is 240 g/mol. The lowest BCUT2D eigenvalue weighted by atomic mass is 9.86. The average Bonchev–Trinajstić information content (AvgIpc) is 2.37. The fourth-order valence-corrected chi connectivity index (χ4v) is 2.89. The number of hydrogen-bond acceptors (Lipinski definition) is 0. The monoisotopic (exact) mass is 274 g/mol. The third-order valence-electron chi connectivity index (χ3n) is 4.68. The van der Waals surface area contributed by atoms with E-state index in [2.05, 4.69) is 52.8 Å². The number of hydrogen-bond donors (Lipinski definition) is 0. The van der Waals surface area contributed by atoms with Crippen LogP contribution in [-0.4, -0.2) is 0 Å². The second-order valence-electron chi connectivity index (χ2n) is 7.01. The van der Waals surface area contributed by atoms with Gasteiger partial charge < -0.3 is 0 Å². The molecule has 1 aliphatic carbocycles. The molecule has 0 aromatic heterocycles. The quantitative estimate of drug-likeness (QED) is 0.459. The van der Waals surface area contributed by atoms with Crippen molar-refractivity contribution in [1.29, 1.82) is 0 Å². The van der Waals surface area contributed by atoms with Gasteiger partial charge in [-0.25, -0.2) is 0 Å². The molecule has 0 aromatic carbocycles. The van der Waals surface area contributed by atoms with E-state index in [1.807, 2.05) is 0 Å². The Hall–Kier alpha value is -0.780. The van der Waals surface area contributed by atoms with Gasteiger partial charge in [0, 0.05) is 0 Å². The van der Waals surface area contributed by atoms with Crippen molar-refractivity contribution in [2.75, 3.05) is 0 Å². The largest absolute Gasteiger partial charge is 0.0853 e. The van der Waals surface area contributed by atoms with Crippen molar-refractivity contribution in [2.45, 2.75) is 79.6 Å². The molecule has 0 saturated heterocycles. The van der Waals surface area contributed by atoms with Gasteiger partial charge in [-0.3, -0.25) is 0 Å². The molecule has 0 heteroatoms. The van der Waals surface area contributed by atoms with Crippen LogP contribution >= 0.6 is 0 Å². The predicted octanol–water partition coefficient (Wildman–Crippen LogP) is 6.84. The van der Waals surface area contributed by atoms with E-state index >= 15 is 0 Å². The lowest BCUT2D eigenvalue weighted by Gasteiger charge is -2.20. The molecule has 0 saturated carbocycles. The second-order valence-corrected chi connectivity index (χ2v) is 7.01. The van der Waals surface area contributed by atoms with Crippen molar-refractivity contribution in [2.24, 2.45) is 11.8 Å². The Morgan fingerprint density at radius 1 is 0.800 bits per heavy atom. The van der Waals surface area contributed by atoms with Gasteiger partial charge in [0.2, 0.25) is 0 Å². The fourth-order valence-electron chi connectivity index (χ4n) is 2.89. The summed E-state index contributed by atoms with van der Waals surface area (Å²) in [5.74, 6) is 1.63. The minimum Gasteiger partial charge on any atom is -0.0853 e. The van der Waals surface area contributed by atoms with Crippen LogP contribution in [0.1, 0.15) is 79.6 Å². The molecule has 1 rings (SSSR count). The second kappa shape index (κ2) is 9.21. The summed E-state index contributed by atoms with van der Waals surface area (Å²) in [6, 6.07) is 0. The normalized spacial score (nSPS) is 28.9. The lowest BCUT2D eigenvalue weighted by Crippen LogP contribution is -2.08. The summed E-state index contributed by atoms with van der Waals surface area (Å²) in [6.45, 7) is 11.6. The van der Waals surface area contributed by atoms with Gasteiger partial charge in [0.05, 0.1) is 0 Å². The van der Waals surface area contributed by atoms with Crippen LogP contribution in [0.3, 0.4) is 0 Å². The van der Waals surface area contributed by atoms with Gasteiger partial charge in [0.25, 0.3) is 0 Å². The molecule has 0 spiro atoms. The Kier molecular flexibility index (Phi) is 7.95. The van der Waals surface area contributed by atoms with Gasteiger partial charge >= 0.3 is 0 Å². The van der Waals surface area contributed by atoms with Gasteiger partial charge in [-0.2, -0.15) is 0 Å². The predicted molar refractivity (Wildman–Crippen MR) is 91.9 cm³/mol. The molecule has 114 valence electrons. The van der Waals surface area contributed by atoms with E-state index in [1.165, 1.54) is 44.9 Å². The van der Waals surface area contributed by atoms with Crippen LogP contribution in [0.4, 0.5) is 0 Å². The van der Waals surface area contributed by atoms with Crippen molar-refractivity contribution in [3.05, 3.63) is 34.9 Å². The summed E-state index contributed by atoms with van der Waals surface area (Å²) in [5.41, 5.74) is 4.71. The smallest absolute Gasteiger partial charge is 0.0288 e. The molecule has 0 bridgehead atoms. The van der Waals surface area contributed by atoms with E-state index in [-0.39, 0.29) is 0 Å². The van der Waals surface area contributed by atoms with Crippen LogP contribution < -0.4 is 0 Å². The molecule has 0 aliphatic heterocycles. The van der Waals surface area contributed by atoms with Gasteiger partial charge in [-0.15, -0.1) is 0 Å². The molecule has 0 radical (unpaired) electrons. The van der Waals surface area contributed by atoms with Crippen molar-refractivity contribution in [3.63, 3.8) is 0 Å². The Bertz CT molecular complexity index is 365. The van der Waals surface area contributed by atoms with Crippen LogP contribution in [0, 0.1) is 11.8 Å². The minimum absolute atomic E-state index is 0.793. The minimum atomic E-state index is 0.793. The van der Waals surface area contributed by atoms with Crippen molar-refractivity contribution in [1.82, 2.24) is 0 Å². The van der Waals surface area contributed by atoms with Crippen molar-refractivity contribution in [3.8, 4) is 0 Å². The van der Waals surface area contributed by atoms with Gasteiger partial charge in [0.15, 0.2) is 0 Å². The first-order chi connectivity index (χ1) is 9.49. The molecule has 0 amide bonds. The molecule has 1 atom stereocenters. The van der Waals surface area contributed by atoms with E-state index in [4.69, 9.17) is 0 Å². The van der Waals surface area contributed by atoms with E-state index in [0.29, 0.717) is 0 Å². The molecular formula is C20H34. The first-order valence-electron chi connectivity index (χ1n) is 8.46. The summed E-state index contributed by atoms with van der Waals surface area (Å²) in [6.07, 6.45) is 16.2. The van der Waals surface area contributed by atoms with Crippen molar-refractivity contribution >= 4 is 0 Å². The Labute approximate surface area is 127 Å². The summed E-state index contributed by atoms with van der Waals surface area (Å²) >= 11 is 0. The van der Waals surface area contributed by atoms with E-state index < -0.39 is 0 Å². The summed E-state index contributed by atoms with van der Waals surface area (Å²) in [4.78, 5) is 0. The topological polar surface area (TPSA) is 0 Å². The standard InChI is InChI=1S/C20H34/c1-16(2)20-14-12-18(4)10-6-8-17(3)9-7-11-19(5)13-15-20/h8,11-12,16,20H,6-7,9-10,13-15H2,1-5H3/b17-8+,18-12?,19-11+/t20-/m0/s1. The molecule has 0 aromatic rings.